The summed E-state index contributed by atoms with van der Waals surface area (Å²) in [5.74, 6) is 0. The highest BCUT2D eigenvalue weighted by Crippen LogP contribution is 2.21. The Morgan fingerprint density at radius 2 is 2.04 bits per heavy atom. The van der Waals surface area contributed by atoms with Gasteiger partial charge in [-0.25, -0.2) is 4.79 Å². The third kappa shape index (κ3) is 4.29. The molecule has 4 nitrogen and oxygen atoms in total. The molecule has 2 aromatic rings. The maximum absolute atomic E-state index is 12.4. The molecule has 0 radical (unpaired) electrons. The molecule has 0 bridgehead atoms. The van der Waals surface area contributed by atoms with Crippen LogP contribution in [-0.4, -0.2) is 25.2 Å². The van der Waals surface area contributed by atoms with E-state index in [0.717, 1.165) is 0 Å². The van der Waals surface area contributed by atoms with E-state index >= 15 is 0 Å². The number of benzene rings is 1. The van der Waals surface area contributed by atoms with Crippen molar-refractivity contribution in [3.63, 3.8) is 0 Å². The Balaban J connectivity index is 1.66. The second-order valence-corrected chi connectivity index (χ2v) is 7.67. The summed E-state index contributed by atoms with van der Waals surface area (Å²) in [6.07, 6.45) is 2.53. The molecule has 0 aliphatic carbocycles. The van der Waals surface area contributed by atoms with Crippen LogP contribution in [-0.2, 0) is 0 Å². The second kappa shape index (κ2) is 8.01. The monoisotopic (exact) mass is 364 g/mol. The lowest BCUT2D eigenvalue weighted by Gasteiger charge is -2.29. The number of nitrogens with one attached hydrogen (secondary N) is 3. The molecule has 0 saturated carbocycles. The average molecular weight is 365 g/mol. The molecule has 1 saturated heterocycles. The molecule has 2 heterocycles. The van der Waals surface area contributed by atoms with Crippen molar-refractivity contribution in [1.82, 2.24) is 5.32 Å². The van der Waals surface area contributed by atoms with Crippen LogP contribution in [0.5, 0.6) is 0 Å². The van der Waals surface area contributed by atoms with Crippen molar-refractivity contribution >= 4 is 34.7 Å². The van der Waals surface area contributed by atoms with Crippen LogP contribution in [0.1, 0.15) is 30.7 Å². The number of carbonyl (C=O) groups excluding carboxylic acids is 1. The zero-order valence-electron chi connectivity index (χ0n) is 13.7. The van der Waals surface area contributed by atoms with E-state index in [9.17, 15) is 4.79 Å². The summed E-state index contributed by atoms with van der Waals surface area (Å²) in [6.45, 7) is 4.43. The highest BCUT2D eigenvalue weighted by atomic mass is 35.5. The van der Waals surface area contributed by atoms with Gasteiger partial charge in [-0.3, -0.25) is 0 Å². The van der Waals surface area contributed by atoms with Crippen molar-refractivity contribution in [2.24, 2.45) is 0 Å². The van der Waals surface area contributed by atoms with Gasteiger partial charge in [0.2, 0.25) is 0 Å². The first-order valence-electron chi connectivity index (χ1n) is 8.34. The number of quaternary nitrogens is 1. The van der Waals surface area contributed by atoms with Crippen LogP contribution in [0, 0.1) is 0 Å². The minimum atomic E-state index is -0.190. The summed E-state index contributed by atoms with van der Waals surface area (Å²) in [7, 11) is 0. The van der Waals surface area contributed by atoms with Crippen molar-refractivity contribution in [3.05, 3.63) is 51.7 Å². The molecular weight excluding hydrogens is 342 g/mol. The van der Waals surface area contributed by atoms with Crippen LogP contribution < -0.4 is 15.5 Å². The fourth-order valence-electron chi connectivity index (χ4n) is 3.43. The SMILES string of the molecule is C[C@H](NC(=O)Nc1cccc(Cl)c1)[C@@H](c1cccs1)[NH+]1CCCC1. The Kier molecular flexibility index (Phi) is 5.76. The van der Waals surface area contributed by atoms with Crippen molar-refractivity contribution in [3.8, 4) is 0 Å². The zero-order valence-corrected chi connectivity index (χ0v) is 15.3. The highest BCUT2D eigenvalue weighted by molar-refractivity contribution is 7.10. The number of amides is 2. The van der Waals surface area contributed by atoms with Crippen molar-refractivity contribution in [2.75, 3.05) is 18.4 Å². The van der Waals surface area contributed by atoms with E-state index in [2.05, 4.69) is 35.1 Å². The number of carbonyl (C=O) groups is 1. The first-order valence-corrected chi connectivity index (χ1v) is 9.60. The molecule has 3 N–H and O–H groups in total. The van der Waals surface area contributed by atoms with Gasteiger partial charge in [0, 0.05) is 23.6 Å². The fraction of sp³-hybridized carbons (Fsp3) is 0.389. The molecule has 128 valence electrons. The second-order valence-electron chi connectivity index (χ2n) is 6.26. The summed E-state index contributed by atoms with van der Waals surface area (Å²) >= 11 is 7.73. The average Bonchev–Trinajstić information content (AvgIpc) is 3.21. The fourth-order valence-corrected chi connectivity index (χ4v) is 4.61. The van der Waals surface area contributed by atoms with Crippen LogP contribution >= 0.6 is 22.9 Å². The quantitative estimate of drug-likeness (QED) is 0.748. The van der Waals surface area contributed by atoms with Crippen LogP contribution in [0.15, 0.2) is 41.8 Å². The number of halogens is 1. The lowest BCUT2D eigenvalue weighted by molar-refractivity contribution is -0.920. The third-order valence-corrected chi connectivity index (χ3v) is 5.67. The predicted octanol–water partition coefficient (Wildman–Crippen LogP) is 3.33. The van der Waals surface area contributed by atoms with E-state index in [0.29, 0.717) is 16.8 Å². The molecule has 1 fully saturated rings. The van der Waals surface area contributed by atoms with Crippen LogP contribution in [0.2, 0.25) is 5.02 Å². The Morgan fingerprint density at radius 1 is 1.25 bits per heavy atom. The maximum Gasteiger partial charge on any atom is 0.319 e. The van der Waals surface area contributed by atoms with Gasteiger partial charge in [0.1, 0.15) is 6.04 Å². The molecule has 2 amide bonds. The molecule has 24 heavy (non-hydrogen) atoms. The lowest BCUT2D eigenvalue weighted by atomic mass is 10.1. The number of urea groups is 1. The standard InChI is InChI=1S/C18H22ClN3OS/c1-13(20-18(23)21-15-7-4-6-14(19)12-15)17(16-8-5-11-24-16)22-9-2-3-10-22/h4-8,11-13,17H,2-3,9-10H2,1H3,(H2,20,21,23)/p+1/t13-,17-/m0/s1. The van der Waals surface area contributed by atoms with E-state index in [1.165, 1.54) is 30.8 Å². The van der Waals surface area contributed by atoms with Gasteiger partial charge in [0.25, 0.3) is 0 Å². The van der Waals surface area contributed by atoms with E-state index in [-0.39, 0.29) is 12.1 Å². The van der Waals surface area contributed by atoms with Crippen LogP contribution in [0.4, 0.5) is 10.5 Å². The van der Waals surface area contributed by atoms with Crippen molar-refractivity contribution < 1.29 is 9.69 Å². The minimum Gasteiger partial charge on any atom is -0.329 e. The van der Waals surface area contributed by atoms with E-state index in [1.54, 1.807) is 28.4 Å². The van der Waals surface area contributed by atoms with Gasteiger partial charge in [0.05, 0.1) is 24.0 Å². The number of likely N-dealkylation sites (tertiary alicyclic amines) is 1. The summed E-state index contributed by atoms with van der Waals surface area (Å²) in [4.78, 5) is 15.3. The maximum atomic E-state index is 12.4. The number of hydrogen-bond acceptors (Lipinski definition) is 2. The van der Waals surface area contributed by atoms with Gasteiger partial charge in [-0.2, -0.15) is 0 Å². The third-order valence-electron chi connectivity index (χ3n) is 4.48. The van der Waals surface area contributed by atoms with Gasteiger partial charge in [-0.05, 0) is 36.6 Å². The number of anilines is 1. The van der Waals surface area contributed by atoms with Gasteiger partial charge in [0.15, 0.2) is 0 Å². The van der Waals surface area contributed by atoms with Gasteiger partial charge in [-0.1, -0.05) is 23.7 Å². The lowest BCUT2D eigenvalue weighted by Crippen LogP contribution is -3.11. The van der Waals surface area contributed by atoms with Gasteiger partial charge in [-0.15, -0.1) is 11.3 Å². The van der Waals surface area contributed by atoms with E-state index in [1.807, 2.05) is 12.1 Å². The number of hydrogen-bond donors (Lipinski definition) is 3. The number of rotatable bonds is 5. The summed E-state index contributed by atoms with van der Waals surface area (Å²) in [5.41, 5.74) is 0.702. The zero-order chi connectivity index (χ0) is 16.9. The Bertz CT molecular complexity index is 671. The molecule has 6 heteroatoms. The predicted molar refractivity (Wildman–Crippen MR) is 100 cm³/mol. The topological polar surface area (TPSA) is 45.6 Å². The van der Waals surface area contributed by atoms with Crippen molar-refractivity contribution in [1.29, 1.82) is 0 Å². The summed E-state index contributed by atoms with van der Waals surface area (Å²) in [6, 6.07) is 11.6. The molecule has 0 unspecified atom stereocenters. The number of thiophene rings is 1. The van der Waals surface area contributed by atoms with Crippen LogP contribution in [0.25, 0.3) is 0 Å². The molecule has 1 aromatic carbocycles. The molecule has 1 aliphatic rings. The first kappa shape index (κ1) is 17.3. The van der Waals surface area contributed by atoms with Crippen molar-refractivity contribution in [2.45, 2.75) is 31.8 Å². The van der Waals surface area contributed by atoms with Crippen LogP contribution in [0.3, 0.4) is 0 Å². The normalized spacial score (nSPS) is 17.4. The molecule has 1 aromatic heterocycles. The van der Waals surface area contributed by atoms with E-state index in [4.69, 9.17) is 11.6 Å². The molecule has 3 rings (SSSR count). The van der Waals surface area contributed by atoms with Gasteiger partial charge < -0.3 is 15.5 Å². The summed E-state index contributed by atoms with van der Waals surface area (Å²) in [5, 5.41) is 8.69. The Morgan fingerprint density at radius 3 is 2.71 bits per heavy atom. The molecule has 0 spiro atoms. The smallest absolute Gasteiger partial charge is 0.319 e. The molecular formula is C18H23ClN3OS+. The molecule has 1 aliphatic heterocycles. The molecule has 2 atom stereocenters. The van der Waals surface area contributed by atoms with Gasteiger partial charge >= 0.3 is 6.03 Å². The summed E-state index contributed by atoms with van der Waals surface area (Å²) < 4.78 is 0. The Labute approximate surface area is 151 Å². The Hall–Kier alpha value is -1.56. The first-order chi connectivity index (χ1) is 11.6. The minimum absolute atomic E-state index is 0.0518. The van der Waals surface area contributed by atoms with E-state index < -0.39 is 0 Å². The largest absolute Gasteiger partial charge is 0.329 e. The highest BCUT2D eigenvalue weighted by Gasteiger charge is 2.33.